The zero-order valence-electron chi connectivity index (χ0n) is 12.2. The predicted molar refractivity (Wildman–Crippen MR) is 95.0 cm³/mol. The second-order valence-electron chi connectivity index (χ2n) is 4.47. The van der Waals surface area contributed by atoms with E-state index in [0.29, 0.717) is 12.4 Å². The summed E-state index contributed by atoms with van der Waals surface area (Å²) < 4.78 is 7.98. The van der Waals surface area contributed by atoms with E-state index < -0.39 is 0 Å². The molecular formula is C14H17IN4O2S. The van der Waals surface area contributed by atoms with E-state index in [1.165, 1.54) is 11.8 Å². The third kappa shape index (κ3) is 5.25. The fourth-order valence-electron chi connectivity index (χ4n) is 1.77. The van der Waals surface area contributed by atoms with Crippen LogP contribution >= 0.6 is 34.4 Å². The van der Waals surface area contributed by atoms with Gasteiger partial charge in [-0.15, -0.1) is 10.2 Å². The molecule has 1 heterocycles. The third-order valence-electron chi connectivity index (χ3n) is 2.81. The number of methoxy groups -OCH3 is 1. The summed E-state index contributed by atoms with van der Waals surface area (Å²) in [5.74, 6) is 0.245. The molecule has 0 bridgehead atoms. The summed E-state index contributed by atoms with van der Waals surface area (Å²) in [5.41, 5.74) is 0.829. The summed E-state index contributed by atoms with van der Waals surface area (Å²) in [4.78, 5) is 12.0. The van der Waals surface area contributed by atoms with E-state index in [4.69, 9.17) is 4.74 Å². The number of amides is 1. The zero-order chi connectivity index (χ0) is 15.8. The first kappa shape index (κ1) is 17.2. The Kier molecular flexibility index (Phi) is 7.13. The third-order valence-corrected chi connectivity index (χ3v) is 4.73. The minimum absolute atomic E-state index is 0.0550. The molecule has 2 aromatic rings. The van der Waals surface area contributed by atoms with Gasteiger partial charge in [0.15, 0.2) is 5.16 Å². The Bertz CT molecular complexity index is 620. The smallest absolute Gasteiger partial charge is 0.234 e. The number of para-hydroxylation sites is 1. The van der Waals surface area contributed by atoms with E-state index in [0.717, 1.165) is 27.4 Å². The van der Waals surface area contributed by atoms with E-state index in [1.54, 1.807) is 13.4 Å². The van der Waals surface area contributed by atoms with Crippen LogP contribution in [0, 0.1) is 3.57 Å². The van der Waals surface area contributed by atoms with Gasteiger partial charge in [-0.3, -0.25) is 4.79 Å². The van der Waals surface area contributed by atoms with Gasteiger partial charge in [-0.1, -0.05) is 23.9 Å². The lowest BCUT2D eigenvalue weighted by Gasteiger charge is -2.08. The molecule has 8 heteroatoms. The van der Waals surface area contributed by atoms with Crippen LogP contribution in [0.4, 0.5) is 5.69 Å². The number of carbonyl (C=O) groups excluding carboxylic acids is 1. The summed E-state index contributed by atoms with van der Waals surface area (Å²) in [6, 6.07) is 7.68. The molecule has 0 fully saturated rings. The average molecular weight is 432 g/mol. The van der Waals surface area contributed by atoms with Gasteiger partial charge in [0.1, 0.15) is 6.33 Å². The number of aromatic nitrogens is 3. The number of carbonyl (C=O) groups is 1. The molecule has 0 saturated heterocycles. The molecule has 118 valence electrons. The first-order valence-corrected chi connectivity index (χ1v) is 8.81. The fourth-order valence-corrected chi connectivity index (χ4v) is 3.03. The first-order chi connectivity index (χ1) is 10.7. The van der Waals surface area contributed by atoms with Gasteiger partial charge in [0.2, 0.25) is 5.91 Å². The molecule has 0 aliphatic carbocycles. The second-order valence-corrected chi connectivity index (χ2v) is 6.57. The van der Waals surface area contributed by atoms with Gasteiger partial charge in [-0.25, -0.2) is 0 Å². The molecule has 6 nitrogen and oxygen atoms in total. The zero-order valence-corrected chi connectivity index (χ0v) is 15.1. The van der Waals surface area contributed by atoms with E-state index in [2.05, 4.69) is 38.1 Å². The number of aryl methyl sites for hydroxylation is 1. The van der Waals surface area contributed by atoms with E-state index in [1.807, 2.05) is 28.8 Å². The Morgan fingerprint density at radius 3 is 3.05 bits per heavy atom. The van der Waals surface area contributed by atoms with Crippen molar-refractivity contribution in [2.45, 2.75) is 18.1 Å². The van der Waals surface area contributed by atoms with Gasteiger partial charge in [-0.05, 0) is 41.1 Å². The molecule has 1 N–H and O–H groups in total. The van der Waals surface area contributed by atoms with Crippen LogP contribution in [0.15, 0.2) is 35.7 Å². The predicted octanol–water partition coefficient (Wildman–Crippen LogP) is 2.65. The van der Waals surface area contributed by atoms with Crippen LogP contribution in [0.25, 0.3) is 0 Å². The van der Waals surface area contributed by atoms with Crippen LogP contribution in [0.5, 0.6) is 0 Å². The van der Waals surface area contributed by atoms with Crippen molar-refractivity contribution in [3.63, 3.8) is 0 Å². The van der Waals surface area contributed by atoms with Crippen molar-refractivity contribution < 1.29 is 9.53 Å². The van der Waals surface area contributed by atoms with Crippen LogP contribution < -0.4 is 5.32 Å². The molecule has 0 atom stereocenters. The average Bonchev–Trinajstić information content (AvgIpc) is 2.95. The number of hydrogen-bond donors (Lipinski definition) is 1. The Hall–Kier alpha value is -1.13. The first-order valence-electron chi connectivity index (χ1n) is 6.74. The highest BCUT2D eigenvalue weighted by atomic mass is 127. The van der Waals surface area contributed by atoms with Gasteiger partial charge in [-0.2, -0.15) is 0 Å². The fraction of sp³-hybridized carbons (Fsp3) is 0.357. The second kappa shape index (κ2) is 9.11. The van der Waals surface area contributed by atoms with Crippen molar-refractivity contribution in [3.8, 4) is 0 Å². The van der Waals surface area contributed by atoms with Crippen molar-refractivity contribution in [2.75, 3.05) is 24.8 Å². The summed E-state index contributed by atoms with van der Waals surface area (Å²) in [6.45, 7) is 1.47. The topological polar surface area (TPSA) is 69.0 Å². The van der Waals surface area contributed by atoms with Crippen molar-refractivity contribution in [1.82, 2.24) is 14.8 Å². The van der Waals surface area contributed by atoms with Crippen LogP contribution in [0.3, 0.4) is 0 Å². The Balaban J connectivity index is 1.84. The van der Waals surface area contributed by atoms with Crippen molar-refractivity contribution in [1.29, 1.82) is 0 Å². The number of benzene rings is 1. The summed E-state index contributed by atoms with van der Waals surface area (Å²) in [5, 5.41) is 11.6. The molecule has 0 aliphatic rings. The molecule has 1 amide bonds. The number of nitrogens with one attached hydrogen (secondary N) is 1. The number of nitrogens with zero attached hydrogens (tertiary/aromatic N) is 3. The van der Waals surface area contributed by atoms with Gasteiger partial charge in [0, 0.05) is 23.8 Å². The maximum absolute atomic E-state index is 12.0. The van der Waals surface area contributed by atoms with Crippen molar-refractivity contribution >= 4 is 45.9 Å². The normalized spacial score (nSPS) is 10.6. The molecule has 0 aliphatic heterocycles. The number of hydrogen-bond acceptors (Lipinski definition) is 5. The number of anilines is 1. The van der Waals surface area contributed by atoms with E-state index >= 15 is 0 Å². The van der Waals surface area contributed by atoms with Gasteiger partial charge < -0.3 is 14.6 Å². The van der Waals surface area contributed by atoms with Gasteiger partial charge in [0.25, 0.3) is 0 Å². The van der Waals surface area contributed by atoms with Crippen molar-refractivity contribution in [2.24, 2.45) is 0 Å². The SMILES string of the molecule is COCCCn1cnnc1SCC(=O)Nc1ccccc1I. The summed E-state index contributed by atoms with van der Waals surface area (Å²) in [6.07, 6.45) is 2.56. The molecule has 0 unspecified atom stereocenters. The van der Waals surface area contributed by atoms with Gasteiger partial charge >= 0.3 is 0 Å². The lowest BCUT2D eigenvalue weighted by atomic mass is 10.3. The van der Waals surface area contributed by atoms with E-state index in [-0.39, 0.29) is 5.91 Å². The maximum atomic E-state index is 12.0. The molecule has 0 radical (unpaired) electrons. The van der Waals surface area contributed by atoms with E-state index in [9.17, 15) is 4.79 Å². The van der Waals surface area contributed by atoms with Crippen LogP contribution in [-0.2, 0) is 16.1 Å². The molecule has 22 heavy (non-hydrogen) atoms. The highest BCUT2D eigenvalue weighted by Gasteiger charge is 2.10. The minimum atomic E-state index is -0.0550. The largest absolute Gasteiger partial charge is 0.385 e. The monoisotopic (exact) mass is 432 g/mol. The molecule has 1 aromatic heterocycles. The van der Waals surface area contributed by atoms with Gasteiger partial charge in [0.05, 0.1) is 11.4 Å². The van der Waals surface area contributed by atoms with Crippen LogP contribution in [0.1, 0.15) is 6.42 Å². The molecule has 0 saturated carbocycles. The summed E-state index contributed by atoms with van der Waals surface area (Å²) in [7, 11) is 1.68. The molecular weight excluding hydrogens is 415 g/mol. The Labute approximate surface area is 147 Å². The van der Waals surface area contributed by atoms with Crippen LogP contribution in [-0.4, -0.2) is 40.1 Å². The number of halogens is 1. The lowest BCUT2D eigenvalue weighted by molar-refractivity contribution is -0.113. The number of ether oxygens (including phenoxy) is 1. The Morgan fingerprint density at radius 1 is 1.45 bits per heavy atom. The number of rotatable bonds is 8. The molecule has 2 rings (SSSR count). The quantitative estimate of drug-likeness (QED) is 0.395. The standard InChI is InChI=1S/C14H17IN4O2S/c1-21-8-4-7-19-10-16-18-14(19)22-9-13(20)17-12-6-3-2-5-11(12)15/h2-3,5-6,10H,4,7-9H2,1H3,(H,17,20). The highest BCUT2D eigenvalue weighted by molar-refractivity contribution is 14.1. The highest BCUT2D eigenvalue weighted by Crippen LogP contribution is 2.19. The van der Waals surface area contributed by atoms with Crippen molar-refractivity contribution in [3.05, 3.63) is 34.2 Å². The lowest BCUT2D eigenvalue weighted by Crippen LogP contribution is -2.15. The minimum Gasteiger partial charge on any atom is -0.385 e. The number of thioether (sulfide) groups is 1. The molecule has 0 spiro atoms. The Morgan fingerprint density at radius 2 is 2.27 bits per heavy atom. The molecule has 1 aromatic carbocycles. The van der Waals surface area contributed by atoms with Crippen LogP contribution in [0.2, 0.25) is 0 Å². The summed E-state index contributed by atoms with van der Waals surface area (Å²) >= 11 is 3.58. The maximum Gasteiger partial charge on any atom is 0.234 e.